The van der Waals surface area contributed by atoms with Crippen LogP contribution in [0.5, 0.6) is 5.75 Å². The Balaban J connectivity index is 2.01. The van der Waals surface area contributed by atoms with Crippen LogP contribution in [0.15, 0.2) is 58.3 Å². The number of anilines is 1. The van der Waals surface area contributed by atoms with Gasteiger partial charge in [0.2, 0.25) is 5.95 Å². The Kier molecular flexibility index (Phi) is 3.19. The van der Waals surface area contributed by atoms with Gasteiger partial charge in [-0.25, -0.2) is 4.99 Å². The van der Waals surface area contributed by atoms with Crippen molar-refractivity contribution in [2.24, 2.45) is 10.7 Å². The first-order valence-electron chi connectivity index (χ1n) is 7.43. The van der Waals surface area contributed by atoms with Crippen LogP contribution < -0.4 is 21.3 Å². The molecule has 7 nitrogen and oxygen atoms in total. The molecule has 24 heavy (non-hydrogen) atoms. The molecule has 0 bridgehead atoms. The summed E-state index contributed by atoms with van der Waals surface area (Å²) in [7, 11) is 1.61. The molecule has 1 aromatic heterocycles. The van der Waals surface area contributed by atoms with Crippen LogP contribution in [0.4, 0.5) is 5.95 Å². The number of nitrogens with one attached hydrogen (secondary N) is 1. The molecule has 1 aliphatic heterocycles. The lowest BCUT2D eigenvalue weighted by atomic mass is 10.1. The molecule has 7 heteroatoms. The van der Waals surface area contributed by atoms with E-state index in [0.717, 1.165) is 16.8 Å². The maximum atomic E-state index is 12.2. The molecule has 0 spiro atoms. The lowest BCUT2D eigenvalue weighted by molar-refractivity contribution is 0.413. The molecule has 1 aliphatic rings. The summed E-state index contributed by atoms with van der Waals surface area (Å²) >= 11 is 0. The van der Waals surface area contributed by atoms with E-state index < -0.39 is 6.17 Å². The monoisotopic (exact) mass is 321 g/mol. The number of aromatic nitrogens is 2. The Morgan fingerprint density at radius 1 is 1.21 bits per heavy atom. The van der Waals surface area contributed by atoms with Gasteiger partial charge in [0.15, 0.2) is 12.1 Å². The van der Waals surface area contributed by atoms with Crippen molar-refractivity contribution < 1.29 is 4.74 Å². The molecule has 4 rings (SSSR count). The first-order valence-corrected chi connectivity index (χ1v) is 7.43. The normalized spacial score (nSPS) is 16.2. The lowest BCUT2D eigenvalue weighted by Crippen LogP contribution is -2.34. The average molecular weight is 321 g/mol. The van der Waals surface area contributed by atoms with E-state index in [1.165, 1.54) is 0 Å². The van der Waals surface area contributed by atoms with Crippen molar-refractivity contribution in [3.05, 3.63) is 64.4 Å². The summed E-state index contributed by atoms with van der Waals surface area (Å²) in [4.78, 5) is 20.8. The van der Waals surface area contributed by atoms with Gasteiger partial charge in [-0.05, 0) is 24.3 Å². The molecule has 0 saturated carbocycles. The number of aliphatic imine (C=N–C) groups is 1. The third-order valence-electron chi connectivity index (χ3n) is 3.97. The number of methoxy groups -OCH3 is 1. The Bertz CT molecular complexity index is 1020. The summed E-state index contributed by atoms with van der Waals surface area (Å²) in [5, 5.41) is 3.40. The summed E-state index contributed by atoms with van der Waals surface area (Å²) in [6, 6.07) is 14.9. The number of para-hydroxylation sites is 1. The minimum Gasteiger partial charge on any atom is -0.497 e. The second-order valence-electron chi connectivity index (χ2n) is 5.42. The molecule has 0 amide bonds. The third kappa shape index (κ3) is 2.18. The van der Waals surface area contributed by atoms with Crippen molar-refractivity contribution in [1.82, 2.24) is 9.55 Å². The molecule has 120 valence electrons. The van der Waals surface area contributed by atoms with E-state index in [9.17, 15) is 4.79 Å². The summed E-state index contributed by atoms with van der Waals surface area (Å²) < 4.78 is 7.16. The molecule has 0 fully saturated rings. The highest BCUT2D eigenvalue weighted by Gasteiger charge is 2.24. The number of fused-ring (bicyclic) bond motifs is 3. The van der Waals surface area contributed by atoms with E-state index >= 15 is 0 Å². The van der Waals surface area contributed by atoms with Crippen LogP contribution in [0.1, 0.15) is 11.7 Å². The Hall–Kier alpha value is -3.35. The van der Waals surface area contributed by atoms with Gasteiger partial charge in [0.1, 0.15) is 5.75 Å². The SMILES string of the molecule is COc1cccc(C2N=C(N)Nc3nc(=O)c4ccccc4n32)c1. The van der Waals surface area contributed by atoms with Gasteiger partial charge in [0.25, 0.3) is 5.56 Å². The highest BCUT2D eigenvalue weighted by Crippen LogP contribution is 2.31. The second-order valence-corrected chi connectivity index (χ2v) is 5.42. The fourth-order valence-corrected chi connectivity index (χ4v) is 2.89. The van der Waals surface area contributed by atoms with Crippen molar-refractivity contribution in [2.45, 2.75) is 6.17 Å². The van der Waals surface area contributed by atoms with E-state index in [0.29, 0.717) is 11.3 Å². The number of hydrogen-bond acceptors (Lipinski definition) is 6. The van der Waals surface area contributed by atoms with Crippen LogP contribution in [-0.4, -0.2) is 22.6 Å². The maximum absolute atomic E-state index is 12.2. The molecule has 0 aliphatic carbocycles. The number of nitrogens with two attached hydrogens (primary N) is 1. The molecule has 3 aromatic rings. The highest BCUT2D eigenvalue weighted by molar-refractivity contribution is 5.93. The topological polar surface area (TPSA) is 94.5 Å². The van der Waals surface area contributed by atoms with Crippen molar-refractivity contribution in [2.75, 3.05) is 12.4 Å². The van der Waals surface area contributed by atoms with Gasteiger partial charge in [0.05, 0.1) is 18.0 Å². The van der Waals surface area contributed by atoms with Crippen LogP contribution in [0.25, 0.3) is 10.9 Å². The summed E-state index contributed by atoms with van der Waals surface area (Å²) in [6.45, 7) is 0. The molecular formula is C17H15N5O2. The maximum Gasteiger partial charge on any atom is 0.282 e. The number of guanidine groups is 1. The predicted molar refractivity (Wildman–Crippen MR) is 92.4 cm³/mol. The van der Waals surface area contributed by atoms with Gasteiger partial charge in [-0.2, -0.15) is 4.98 Å². The molecule has 0 radical (unpaired) electrons. The predicted octanol–water partition coefficient (Wildman–Crippen LogP) is 1.69. The van der Waals surface area contributed by atoms with Gasteiger partial charge >= 0.3 is 0 Å². The van der Waals surface area contributed by atoms with Gasteiger partial charge in [-0.3, -0.25) is 14.7 Å². The molecule has 1 atom stereocenters. The zero-order chi connectivity index (χ0) is 16.7. The fourth-order valence-electron chi connectivity index (χ4n) is 2.89. The molecule has 2 aromatic carbocycles. The average Bonchev–Trinajstić information content (AvgIpc) is 2.61. The zero-order valence-electron chi connectivity index (χ0n) is 12.9. The smallest absolute Gasteiger partial charge is 0.282 e. The minimum absolute atomic E-state index is 0.213. The number of ether oxygens (including phenoxy) is 1. The summed E-state index contributed by atoms with van der Waals surface area (Å²) in [5.74, 6) is 1.31. The van der Waals surface area contributed by atoms with Gasteiger partial charge in [0, 0.05) is 5.56 Å². The molecule has 0 saturated heterocycles. The first kappa shape index (κ1) is 14.3. The van der Waals surface area contributed by atoms with Gasteiger partial charge in [-0.15, -0.1) is 0 Å². The zero-order valence-corrected chi connectivity index (χ0v) is 12.9. The van der Waals surface area contributed by atoms with Crippen LogP contribution in [0.2, 0.25) is 0 Å². The standard InChI is InChI=1S/C17H15N5O2/c1-24-11-6-4-5-10(9-11)14-19-16(18)21-17-20-15(23)12-7-2-3-8-13(12)22(14)17/h2-9,14H,1H3,(H3,18,19,20,21,23). The largest absolute Gasteiger partial charge is 0.497 e. The molecule has 3 N–H and O–H groups in total. The van der Waals surface area contributed by atoms with Crippen LogP contribution in [0.3, 0.4) is 0 Å². The van der Waals surface area contributed by atoms with Crippen LogP contribution in [-0.2, 0) is 0 Å². The highest BCUT2D eigenvalue weighted by atomic mass is 16.5. The molecule has 2 heterocycles. The van der Waals surface area contributed by atoms with E-state index in [4.69, 9.17) is 10.5 Å². The van der Waals surface area contributed by atoms with E-state index in [1.54, 1.807) is 13.2 Å². The Labute approximate surface area is 137 Å². The third-order valence-corrected chi connectivity index (χ3v) is 3.97. The van der Waals surface area contributed by atoms with Crippen molar-refractivity contribution in [3.8, 4) is 5.75 Å². The second kappa shape index (κ2) is 5.38. The lowest BCUT2D eigenvalue weighted by Gasteiger charge is -2.27. The van der Waals surface area contributed by atoms with Crippen LogP contribution in [0, 0.1) is 0 Å². The molecular weight excluding hydrogens is 306 g/mol. The van der Waals surface area contributed by atoms with Crippen molar-refractivity contribution >= 4 is 22.8 Å². The number of rotatable bonds is 2. The molecule has 1 unspecified atom stereocenters. The van der Waals surface area contributed by atoms with E-state index in [-0.39, 0.29) is 11.5 Å². The fraction of sp³-hybridized carbons (Fsp3) is 0.118. The summed E-state index contributed by atoms with van der Waals surface area (Å²) in [6.07, 6.45) is -0.436. The number of benzene rings is 2. The van der Waals surface area contributed by atoms with Gasteiger partial charge in [-0.1, -0.05) is 24.3 Å². The van der Waals surface area contributed by atoms with Crippen molar-refractivity contribution in [3.63, 3.8) is 0 Å². The van der Waals surface area contributed by atoms with E-state index in [2.05, 4.69) is 15.3 Å². The Morgan fingerprint density at radius 3 is 2.88 bits per heavy atom. The summed E-state index contributed by atoms with van der Waals surface area (Å²) in [5.41, 5.74) is 7.22. The van der Waals surface area contributed by atoms with Gasteiger partial charge < -0.3 is 10.5 Å². The van der Waals surface area contributed by atoms with E-state index in [1.807, 2.05) is 47.0 Å². The minimum atomic E-state index is -0.436. The quantitative estimate of drug-likeness (QED) is 0.749. The number of nitrogens with zero attached hydrogens (tertiary/aromatic N) is 3. The number of hydrogen-bond donors (Lipinski definition) is 2. The Morgan fingerprint density at radius 2 is 2.04 bits per heavy atom. The first-order chi connectivity index (χ1) is 11.7. The van der Waals surface area contributed by atoms with Crippen LogP contribution >= 0.6 is 0 Å². The van der Waals surface area contributed by atoms with Crippen molar-refractivity contribution in [1.29, 1.82) is 0 Å².